The number of aromatic amines is 1. The number of rotatable bonds is 2. The van der Waals surface area contributed by atoms with Crippen LogP contribution in [0.4, 0.5) is 0 Å². The number of hydrogen-bond acceptors (Lipinski definition) is 1. The average molecular weight is 184 g/mol. The number of nitrogens with one attached hydrogen (secondary N) is 1. The molecule has 0 aliphatic carbocycles. The molecule has 1 N–H and O–H groups in total. The quantitative estimate of drug-likeness (QED) is 0.763. The monoisotopic (exact) mass is 184 g/mol. The lowest BCUT2D eigenvalue weighted by molar-refractivity contribution is 1.29. The van der Waals surface area contributed by atoms with Crippen molar-refractivity contribution in [3.8, 4) is 11.4 Å². The minimum atomic E-state index is 0.892. The molecule has 2 aromatic rings. The highest BCUT2D eigenvalue weighted by molar-refractivity contribution is 5.62. The Bertz CT molecular complexity index is 440. The maximum absolute atomic E-state index is 4.29. The second-order valence-electron chi connectivity index (χ2n) is 3.29. The molecule has 0 fully saturated rings. The van der Waals surface area contributed by atoms with E-state index in [-0.39, 0.29) is 0 Å². The molecule has 14 heavy (non-hydrogen) atoms. The summed E-state index contributed by atoms with van der Waals surface area (Å²) in [7, 11) is 0. The lowest BCUT2D eigenvalue weighted by Gasteiger charge is -1.95. The molecule has 2 nitrogen and oxygen atoms in total. The summed E-state index contributed by atoms with van der Waals surface area (Å²) in [6, 6.07) is 10.0. The molecule has 0 spiro atoms. The molecular weight excluding hydrogens is 172 g/mol. The summed E-state index contributed by atoms with van der Waals surface area (Å²) in [5.41, 5.74) is 3.09. The van der Waals surface area contributed by atoms with E-state index in [1.807, 2.05) is 43.5 Å². The topological polar surface area (TPSA) is 28.7 Å². The Hall–Kier alpha value is -1.83. The number of benzene rings is 1. The van der Waals surface area contributed by atoms with Crippen LogP contribution in [-0.2, 0) is 0 Å². The molecule has 70 valence electrons. The van der Waals surface area contributed by atoms with Crippen LogP contribution < -0.4 is 0 Å². The lowest BCUT2D eigenvalue weighted by atomic mass is 10.2. The molecule has 2 rings (SSSR count). The minimum Gasteiger partial charge on any atom is -0.338 e. The molecule has 1 aromatic carbocycles. The zero-order valence-corrected chi connectivity index (χ0v) is 8.12. The third-order valence-corrected chi connectivity index (χ3v) is 2.08. The summed E-state index contributed by atoms with van der Waals surface area (Å²) in [5, 5.41) is 0. The first-order valence-corrected chi connectivity index (χ1v) is 4.53. The van der Waals surface area contributed by atoms with Gasteiger partial charge in [0, 0.05) is 5.56 Å². The van der Waals surface area contributed by atoms with Gasteiger partial charge in [-0.1, -0.05) is 36.9 Å². The highest BCUT2D eigenvalue weighted by Crippen LogP contribution is 2.17. The standard InChI is InChI=1S/C12H12N2/c1-9(2)11-8-13-12(14-11)10-6-4-3-5-7-10/h3-8H,1H2,2H3,(H,13,14). The molecule has 0 bridgehead atoms. The van der Waals surface area contributed by atoms with Gasteiger partial charge >= 0.3 is 0 Å². The molecule has 2 heteroatoms. The van der Waals surface area contributed by atoms with Crippen molar-refractivity contribution in [1.82, 2.24) is 9.97 Å². The van der Waals surface area contributed by atoms with Crippen LogP contribution in [-0.4, -0.2) is 9.97 Å². The first kappa shape index (κ1) is 8.75. The Balaban J connectivity index is 2.39. The van der Waals surface area contributed by atoms with Gasteiger partial charge in [-0.15, -0.1) is 0 Å². The molecule has 0 unspecified atom stereocenters. The fourth-order valence-corrected chi connectivity index (χ4v) is 1.28. The molecule has 0 radical (unpaired) electrons. The molecule has 1 heterocycles. The number of imidazole rings is 1. The highest BCUT2D eigenvalue weighted by atomic mass is 14.9. The van der Waals surface area contributed by atoms with Crippen molar-refractivity contribution < 1.29 is 0 Å². The van der Waals surface area contributed by atoms with Crippen LogP contribution in [0, 0.1) is 0 Å². The Kier molecular flexibility index (Phi) is 2.19. The van der Waals surface area contributed by atoms with Crippen LogP contribution in [0.3, 0.4) is 0 Å². The van der Waals surface area contributed by atoms with Gasteiger partial charge in [-0.25, -0.2) is 4.98 Å². The first-order chi connectivity index (χ1) is 6.77. The zero-order chi connectivity index (χ0) is 9.97. The van der Waals surface area contributed by atoms with E-state index in [0.29, 0.717) is 0 Å². The van der Waals surface area contributed by atoms with Crippen LogP contribution in [0.15, 0.2) is 43.1 Å². The van der Waals surface area contributed by atoms with Gasteiger partial charge in [-0.05, 0) is 12.5 Å². The van der Waals surface area contributed by atoms with Gasteiger partial charge in [0.15, 0.2) is 0 Å². The maximum Gasteiger partial charge on any atom is 0.137 e. The molecule has 0 saturated heterocycles. The van der Waals surface area contributed by atoms with Gasteiger partial charge in [0.2, 0.25) is 0 Å². The van der Waals surface area contributed by atoms with E-state index in [1.54, 1.807) is 0 Å². The summed E-state index contributed by atoms with van der Waals surface area (Å²) in [6.45, 7) is 5.82. The van der Waals surface area contributed by atoms with Crippen LogP contribution in [0.5, 0.6) is 0 Å². The van der Waals surface area contributed by atoms with Gasteiger partial charge in [-0.3, -0.25) is 0 Å². The molecule has 1 aromatic heterocycles. The molecular formula is C12H12N2. The van der Waals surface area contributed by atoms with Crippen molar-refractivity contribution in [2.45, 2.75) is 6.92 Å². The van der Waals surface area contributed by atoms with E-state index in [0.717, 1.165) is 22.7 Å². The first-order valence-electron chi connectivity index (χ1n) is 4.53. The van der Waals surface area contributed by atoms with Crippen LogP contribution >= 0.6 is 0 Å². The van der Waals surface area contributed by atoms with Gasteiger partial charge < -0.3 is 4.98 Å². The van der Waals surface area contributed by atoms with Gasteiger partial charge in [0.05, 0.1) is 11.9 Å². The molecule has 0 aliphatic rings. The maximum atomic E-state index is 4.29. The predicted molar refractivity (Wildman–Crippen MR) is 58.7 cm³/mol. The molecule has 0 saturated carbocycles. The van der Waals surface area contributed by atoms with Crippen LogP contribution in [0.25, 0.3) is 17.0 Å². The summed E-state index contributed by atoms with van der Waals surface area (Å²) < 4.78 is 0. The summed E-state index contributed by atoms with van der Waals surface area (Å²) in [4.78, 5) is 7.51. The minimum absolute atomic E-state index is 0.892. The van der Waals surface area contributed by atoms with Gasteiger partial charge in [-0.2, -0.15) is 0 Å². The number of hydrogen-bond donors (Lipinski definition) is 1. The Morgan fingerprint density at radius 2 is 2.00 bits per heavy atom. The third-order valence-electron chi connectivity index (χ3n) is 2.08. The lowest BCUT2D eigenvalue weighted by Crippen LogP contribution is -1.80. The van der Waals surface area contributed by atoms with E-state index >= 15 is 0 Å². The van der Waals surface area contributed by atoms with E-state index in [1.165, 1.54) is 0 Å². The third kappa shape index (κ3) is 1.59. The zero-order valence-electron chi connectivity index (χ0n) is 8.12. The normalized spacial score (nSPS) is 10.1. The Morgan fingerprint density at radius 1 is 1.29 bits per heavy atom. The van der Waals surface area contributed by atoms with Crippen LogP contribution in [0.1, 0.15) is 12.6 Å². The van der Waals surface area contributed by atoms with Crippen molar-refractivity contribution in [1.29, 1.82) is 0 Å². The van der Waals surface area contributed by atoms with Crippen molar-refractivity contribution in [3.05, 3.63) is 48.8 Å². The fraction of sp³-hybridized carbons (Fsp3) is 0.0833. The fourth-order valence-electron chi connectivity index (χ4n) is 1.28. The number of nitrogens with zero attached hydrogens (tertiary/aromatic N) is 1. The van der Waals surface area contributed by atoms with E-state index < -0.39 is 0 Å². The van der Waals surface area contributed by atoms with Crippen molar-refractivity contribution >= 4 is 5.57 Å². The predicted octanol–water partition coefficient (Wildman–Crippen LogP) is 3.11. The number of H-pyrrole nitrogens is 1. The molecule has 0 aliphatic heterocycles. The molecule has 0 atom stereocenters. The van der Waals surface area contributed by atoms with Crippen molar-refractivity contribution in [3.63, 3.8) is 0 Å². The van der Waals surface area contributed by atoms with Crippen LogP contribution in [0.2, 0.25) is 0 Å². The Labute approximate surface area is 83.3 Å². The van der Waals surface area contributed by atoms with E-state index in [4.69, 9.17) is 0 Å². The van der Waals surface area contributed by atoms with Gasteiger partial charge in [0.1, 0.15) is 5.82 Å². The second-order valence-corrected chi connectivity index (χ2v) is 3.29. The van der Waals surface area contributed by atoms with E-state index in [9.17, 15) is 0 Å². The highest BCUT2D eigenvalue weighted by Gasteiger charge is 2.02. The van der Waals surface area contributed by atoms with Gasteiger partial charge in [0.25, 0.3) is 0 Å². The van der Waals surface area contributed by atoms with Crippen molar-refractivity contribution in [2.24, 2.45) is 0 Å². The number of aromatic nitrogens is 2. The molecule has 0 amide bonds. The summed E-state index contributed by atoms with van der Waals surface area (Å²) >= 11 is 0. The second kappa shape index (κ2) is 3.50. The SMILES string of the molecule is C=C(C)c1cnc(-c2ccccc2)[nH]1. The number of allylic oxidation sites excluding steroid dienone is 1. The summed E-state index contributed by atoms with van der Waals surface area (Å²) in [5.74, 6) is 0.892. The summed E-state index contributed by atoms with van der Waals surface area (Å²) in [6.07, 6.45) is 1.81. The smallest absolute Gasteiger partial charge is 0.137 e. The Morgan fingerprint density at radius 3 is 2.57 bits per heavy atom. The largest absolute Gasteiger partial charge is 0.338 e. The van der Waals surface area contributed by atoms with E-state index in [2.05, 4.69) is 16.5 Å². The van der Waals surface area contributed by atoms with Crippen molar-refractivity contribution in [2.75, 3.05) is 0 Å². The average Bonchev–Trinajstić information content (AvgIpc) is 2.68.